The van der Waals surface area contributed by atoms with E-state index in [9.17, 15) is 9.90 Å². The molecule has 0 spiro atoms. The average molecular weight is 397 g/mol. The van der Waals surface area contributed by atoms with Gasteiger partial charge in [-0.3, -0.25) is 4.79 Å². The fourth-order valence-electron chi connectivity index (χ4n) is 3.75. The normalized spacial score (nSPS) is 16.0. The quantitative estimate of drug-likeness (QED) is 0.578. The standard InChI is InChI=1S/C21H21ClN4O2/c22-19-9-15(6-8-24-19)17-10-18-21(28)25-11-16(5-7-23)26(18)20(17)14-3-1-13(12-27)2-4-14/h1-4,6,8-10,16,27H,5,7,11-12,23H2,(H,25,28). The Kier molecular flexibility index (Phi) is 5.17. The van der Waals surface area contributed by atoms with Crippen LogP contribution in [-0.2, 0) is 6.61 Å². The lowest BCUT2D eigenvalue weighted by molar-refractivity contribution is 0.0914. The summed E-state index contributed by atoms with van der Waals surface area (Å²) in [7, 11) is 0. The van der Waals surface area contributed by atoms with Crippen LogP contribution < -0.4 is 11.1 Å². The number of amides is 1. The lowest BCUT2D eigenvalue weighted by Crippen LogP contribution is -2.39. The molecular weight excluding hydrogens is 376 g/mol. The van der Waals surface area contributed by atoms with Gasteiger partial charge in [-0.1, -0.05) is 35.9 Å². The van der Waals surface area contributed by atoms with E-state index in [1.165, 1.54) is 0 Å². The number of nitrogens with one attached hydrogen (secondary N) is 1. The Labute approximate surface area is 168 Å². The number of aromatic nitrogens is 2. The van der Waals surface area contributed by atoms with Crippen molar-refractivity contribution in [3.8, 4) is 22.4 Å². The predicted octanol–water partition coefficient (Wildman–Crippen LogP) is 3.00. The summed E-state index contributed by atoms with van der Waals surface area (Å²) < 4.78 is 2.09. The molecule has 3 heterocycles. The molecule has 4 rings (SSSR count). The number of rotatable bonds is 5. The first-order chi connectivity index (χ1) is 13.6. The van der Waals surface area contributed by atoms with Gasteiger partial charge < -0.3 is 20.7 Å². The first kappa shape index (κ1) is 18.7. The van der Waals surface area contributed by atoms with Gasteiger partial charge in [-0.25, -0.2) is 4.98 Å². The molecule has 1 aromatic carbocycles. The molecule has 0 radical (unpaired) electrons. The topological polar surface area (TPSA) is 93.2 Å². The molecule has 1 amide bonds. The van der Waals surface area contributed by atoms with Crippen molar-refractivity contribution in [2.45, 2.75) is 19.1 Å². The maximum atomic E-state index is 12.6. The van der Waals surface area contributed by atoms with Crippen LogP contribution in [0.5, 0.6) is 0 Å². The number of nitrogens with two attached hydrogens (primary N) is 1. The van der Waals surface area contributed by atoms with E-state index in [-0.39, 0.29) is 18.6 Å². The summed E-state index contributed by atoms with van der Waals surface area (Å²) in [5, 5.41) is 12.7. The van der Waals surface area contributed by atoms with Crippen molar-refractivity contribution < 1.29 is 9.90 Å². The number of carbonyl (C=O) groups is 1. The lowest BCUT2D eigenvalue weighted by atomic mass is 10.0. The number of hydrogen-bond acceptors (Lipinski definition) is 4. The van der Waals surface area contributed by atoms with Crippen LogP contribution in [0.25, 0.3) is 22.4 Å². The molecule has 2 aromatic heterocycles. The molecule has 0 aliphatic carbocycles. The molecule has 0 fully saturated rings. The predicted molar refractivity (Wildman–Crippen MR) is 109 cm³/mol. The van der Waals surface area contributed by atoms with Crippen LogP contribution in [0.3, 0.4) is 0 Å². The minimum atomic E-state index is -0.104. The van der Waals surface area contributed by atoms with E-state index in [1.54, 1.807) is 12.3 Å². The van der Waals surface area contributed by atoms with Gasteiger partial charge in [-0.15, -0.1) is 0 Å². The molecule has 6 nitrogen and oxygen atoms in total. The summed E-state index contributed by atoms with van der Waals surface area (Å²) in [6.45, 7) is 1.05. The van der Waals surface area contributed by atoms with E-state index in [1.807, 2.05) is 36.4 Å². The number of aliphatic hydroxyl groups is 1. The zero-order chi connectivity index (χ0) is 19.7. The summed E-state index contributed by atoms with van der Waals surface area (Å²) >= 11 is 6.12. The highest BCUT2D eigenvalue weighted by molar-refractivity contribution is 6.29. The molecule has 144 valence electrons. The molecule has 1 aliphatic rings. The van der Waals surface area contributed by atoms with Crippen LogP contribution in [0.1, 0.15) is 28.5 Å². The first-order valence-corrected chi connectivity index (χ1v) is 9.55. The number of hydrogen-bond donors (Lipinski definition) is 3. The summed E-state index contributed by atoms with van der Waals surface area (Å²) in [6, 6.07) is 13.4. The Morgan fingerprint density at radius 2 is 2.00 bits per heavy atom. The van der Waals surface area contributed by atoms with Gasteiger partial charge in [0.1, 0.15) is 10.8 Å². The van der Waals surface area contributed by atoms with Crippen LogP contribution in [-0.4, -0.2) is 33.7 Å². The van der Waals surface area contributed by atoms with Gasteiger partial charge >= 0.3 is 0 Å². The van der Waals surface area contributed by atoms with Crippen molar-refractivity contribution in [1.29, 1.82) is 0 Å². The molecule has 1 atom stereocenters. The summed E-state index contributed by atoms with van der Waals surface area (Å²) in [5.74, 6) is -0.104. The molecule has 7 heteroatoms. The van der Waals surface area contributed by atoms with Gasteiger partial charge in [-0.05, 0) is 47.9 Å². The number of halogens is 1. The molecule has 3 aromatic rings. The van der Waals surface area contributed by atoms with E-state index in [4.69, 9.17) is 17.3 Å². The van der Waals surface area contributed by atoms with Crippen molar-refractivity contribution in [2.75, 3.05) is 13.1 Å². The zero-order valence-electron chi connectivity index (χ0n) is 15.2. The lowest BCUT2D eigenvalue weighted by Gasteiger charge is -2.28. The van der Waals surface area contributed by atoms with Crippen molar-refractivity contribution in [2.24, 2.45) is 5.73 Å². The average Bonchev–Trinajstić information content (AvgIpc) is 3.12. The minimum Gasteiger partial charge on any atom is -0.392 e. The number of aliphatic hydroxyl groups excluding tert-OH is 1. The van der Waals surface area contributed by atoms with Gasteiger partial charge in [0, 0.05) is 18.3 Å². The van der Waals surface area contributed by atoms with Gasteiger partial charge in [-0.2, -0.15) is 0 Å². The second-order valence-electron chi connectivity index (χ2n) is 6.83. The highest BCUT2D eigenvalue weighted by Gasteiger charge is 2.30. The molecule has 0 saturated carbocycles. The third kappa shape index (κ3) is 3.30. The number of pyridine rings is 1. The Morgan fingerprint density at radius 3 is 2.68 bits per heavy atom. The third-order valence-corrected chi connectivity index (χ3v) is 5.29. The van der Waals surface area contributed by atoms with E-state index in [2.05, 4.69) is 14.9 Å². The van der Waals surface area contributed by atoms with Crippen LogP contribution in [0.2, 0.25) is 5.15 Å². The van der Waals surface area contributed by atoms with E-state index in [0.29, 0.717) is 23.9 Å². The largest absolute Gasteiger partial charge is 0.392 e. The molecule has 1 aliphatic heterocycles. The minimum absolute atomic E-state index is 0.0163. The van der Waals surface area contributed by atoms with E-state index in [0.717, 1.165) is 34.4 Å². The number of carbonyl (C=O) groups excluding carboxylic acids is 1. The number of nitrogens with zero attached hydrogens (tertiary/aromatic N) is 2. The van der Waals surface area contributed by atoms with Gasteiger partial charge in [0.25, 0.3) is 5.91 Å². The molecular formula is C21H21ClN4O2. The van der Waals surface area contributed by atoms with Crippen molar-refractivity contribution in [1.82, 2.24) is 14.9 Å². The SMILES string of the molecule is NCCC1CNC(=O)c2cc(-c3ccnc(Cl)c3)c(-c3ccc(CO)cc3)n21. The summed E-state index contributed by atoms with van der Waals surface area (Å²) in [4.78, 5) is 16.7. The Balaban J connectivity index is 1.97. The van der Waals surface area contributed by atoms with Crippen molar-refractivity contribution in [3.63, 3.8) is 0 Å². The Bertz CT molecular complexity index is 1010. The molecule has 4 N–H and O–H groups in total. The Hall–Kier alpha value is -2.67. The maximum absolute atomic E-state index is 12.6. The second kappa shape index (κ2) is 7.75. The highest BCUT2D eigenvalue weighted by Crippen LogP contribution is 2.39. The van der Waals surface area contributed by atoms with E-state index >= 15 is 0 Å². The van der Waals surface area contributed by atoms with Crippen molar-refractivity contribution in [3.05, 3.63) is 65.1 Å². The Morgan fingerprint density at radius 1 is 1.21 bits per heavy atom. The first-order valence-electron chi connectivity index (χ1n) is 9.18. The summed E-state index contributed by atoms with van der Waals surface area (Å²) in [5.41, 5.74) is 11.0. The zero-order valence-corrected chi connectivity index (χ0v) is 16.0. The van der Waals surface area contributed by atoms with Gasteiger partial charge in [0.2, 0.25) is 0 Å². The third-order valence-electron chi connectivity index (χ3n) is 5.08. The molecule has 1 unspecified atom stereocenters. The van der Waals surface area contributed by atoms with Crippen LogP contribution in [0.4, 0.5) is 0 Å². The number of benzene rings is 1. The maximum Gasteiger partial charge on any atom is 0.268 e. The van der Waals surface area contributed by atoms with Crippen molar-refractivity contribution >= 4 is 17.5 Å². The van der Waals surface area contributed by atoms with E-state index < -0.39 is 0 Å². The molecule has 28 heavy (non-hydrogen) atoms. The van der Waals surface area contributed by atoms with Crippen LogP contribution in [0.15, 0.2) is 48.7 Å². The monoisotopic (exact) mass is 396 g/mol. The molecule has 0 bridgehead atoms. The second-order valence-corrected chi connectivity index (χ2v) is 7.21. The highest BCUT2D eigenvalue weighted by atomic mass is 35.5. The fraction of sp³-hybridized carbons (Fsp3) is 0.238. The van der Waals surface area contributed by atoms with Gasteiger partial charge in [0.05, 0.1) is 18.3 Å². The van der Waals surface area contributed by atoms with Crippen LogP contribution in [0, 0.1) is 0 Å². The summed E-state index contributed by atoms with van der Waals surface area (Å²) in [6.07, 6.45) is 2.41. The number of fused-ring (bicyclic) bond motifs is 1. The van der Waals surface area contributed by atoms with Crippen LogP contribution >= 0.6 is 11.6 Å². The molecule has 0 saturated heterocycles. The fourth-order valence-corrected chi connectivity index (χ4v) is 3.92. The van der Waals surface area contributed by atoms with Gasteiger partial charge in [0.15, 0.2) is 0 Å². The smallest absolute Gasteiger partial charge is 0.268 e.